The Labute approximate surface area is 106 Å². The van der Waals surface area contributed by atoms with Crippen LogP contribution >= 0.6 is 0 Å². The molecule has 1 aliphatic heterocycles. The van der Waals surface area contributed by atoms with Crippen molar-refractivity contribution in [1.82, 2.24) is 9.80 Å². The molecule has 0 spiro atoms. The van der Waals surface area contributed by atoms with Crippen LogP contribution in [-0.2, 0) is 4.74 Å². The lowest BCUT2D eigenvalue weighted by Gasteiger charge is -2.48. The minimum absolute atomic E-state index is 0.0580. The van der Waals surface area contributed by atoms with Gasteiger partial charge in [-0.3, -0.25) is 4.90 Å². The molecule has 0 saturated carbocycles. The average molecular weight is 243 g/mol. The SMILES string of the molecule is CCN(C(C)CN(C)C)C1(CN)CCCOC1. The minimum atomic E-state index is 0.0580. The number of nitrogens with two attached hydrogens (primary N) is 1. The highest BCUT2D eigenvalue weighted by molar-refractivity contribution is 4.95. The van der Waals surface area contributed by atoms with Gasteiger partial charge in [-0.25, -0.2) is 0 Å². The summed E-state index contributed by atoms with van der Waals surface area (Å²) in [5, 5.41) is 0. The van der Waals surface area contributed by atoms with Crippen LogP contribution < -0.4 is 5.73 Å². The van der Waals surface area contributed by atoms with Crippen LogP contribution in [0.1, 0.15) is 26.7 Å². The zero-order chi connectivity index (χ0) is 12.9. The second-order valence-electron chi connectivity index (χ2n) is 5.48. The molecule has 0 aliphatic carbocycles. The summed E-state index contributed by atoms with van der Waals surface area (Å²) in [5.41, 5.74) is 6.11. The van der Waals surface area contributed by atoms with E-state index in [2.05, 4.69) is 37.7 Å². The third-order valence-corrected chi connectivity index (χ3v) is 3.79. The van der Waals surface area contributed by atoms with Crippen LogP contribution in [0.3, 0.4) is 0 Å². The molecule has 1 saturated heterocycles. The molecule has 0 amide bonds. The lowest BCUT2D eigenvalue weighted by Crippen LogP contribution is -2.62. The maximum Gasteiger partial charge on any atom is 0.0662 e. The predicted octanol–water partition coefficient (Wildman–Crippen LogP) is 0.766. The first-order valence-electron chi connectivity index (χ1n) is 6.75. The highest BCUT2D eigenvalue weighted by Gasteiger charge is 2.39. The highest BCUT2D eigenvalue weighted by atomic mass is 16.5. The number of hydrogen-bond acceptors (Lipinski definition) is 4. The van der Waals surface area contributed by atoms with E-state index in [1.165, 1.54) is 0 Å². The van der Waals surface area contributed by atoms with E-state index in [-0.39, 0.29) is 5.54 Å². The number of ether oxygens (including phenoxy) is 1. The average Bonchev–Trinajstić information content (AvgIpc) is 2.30. The molecule has 2 atom stereocenters. The molecule has 4 nitrogen and oxygen atoms in total. The second kappa shape index (κ2) is 6.69. The van der Waals surface area contributed by atoms with E-state index in [0.29, 0.717) is 12.6 Å². The summed E-state index contributed by atoms with van der Waals surface area (Å²) in [6, 6.07) is 0.514. The zero-order valence-electron chi connectivity index (χ0n) is 11.9. The summed E-state index contributed by atoms with van der Waals surface area (Å²) in [4.78, 5) is 4.77. The van der Waals surface area contributed by atoms with Gasteiger partial charge in [0, 0.05) is 25.7 Å². The van der Waals surface area contributed by atoms with Gasteiger partial charge in [-0.1, -0.05) is 6.92 Å². The number of hydrogen-bond donors (Lipinski definition) is 1. The van der Waals surface area contributed by atoms with Crippen LogP contribution in [0.5, 0.6) is 0 Å². The molecule has 2 N–H and O–H groups in total. The molecule has 1 heterocycles. The molecule has 1 aliphatic rings. The van der Waals surface area contributed by atoms with E-state index in [4.69, 9.17) is 10.5 Å². The van der Waals surface area contributed by atoms with E-state index in [1.54, 1.807) is 0 Å². The van der Waals surface area contributed by atoms with Crippen LogP contribution in [0.4, 0.5) is 0 Å². The molecule has 1 rings (SSSR count). The Kier molecular flexibility index (Phi) is 5.86. The van der Waals surface area contributed by atoms with Gasteiger partial charge in [0.25, 0.3) is 0 Å². The van der Waals surface area contributed by atoms with Gasteiger partial charge in [0.1, 0.15) is 0 Å². The first-order valence-corrected chi connectivity index (χ1v) is 6.75. The monoisotopic (exact) mass is 243 g/mol. The molecule has 0 aromatic rings. The van der Waals surface area contributed by atoms with Crippen molar-refractivity contribution in [3.8, 4) is 0 Å². The molecule has 1 fully saturated rings. The van der Waals surface area contributed by atoms with Gasteiger partial charge in [-0.05, 0) is 40.4 Å². The fraction of sp³-hybridized carbons (Fsp3) is 1.00. The van der Waals surface area contributed by atoms with Crippen molar-refractivity contribution in [3.63, 3.8) is 0 Å². The molecular weight excluding hydrogens is 214 g/mol. The summed E-state index contributed by atoms with van der Waals surface area (Å²) in [6.07, 6.45) is 2.29. The summed E-state index contributed by atoms with van der Waals surface area (Å²) in [7, 11) is 4.24. The fourth-order valence-corrected chi connectivity index (χ4v) is 3.08. The molecule has 0 aromatic heterocycles. The molecule has 0 aromatic carbocycles. The van der Waals surface area contributed by atoms with E-state index in [1.807, 2.05) is 0 Å². The van der Waals surface area contributed by atoms with E-state index >= 15 is 0 Å². The summed E-state index contributed by atoms with van der Waals surface area (Å²) in [6.45, 7) is 8.98. The molecule has 2 unspecified atom stereocenters. The Hall–Kier alpha value is -0.160. The van der Waals surface area contributed by atoms with Gasteiger partial charge in [0.15, 0.2) is 0 Å². The Morgan fingerprint density at radius 3 is 2.53 bits per heavy atom. The standard InChI is InChI=1S/C13H29N3O/c1-5-16(12(2)9-15(3)4)13(10-14)7-6-8-17-11-13/h12H,5-11,14H2,1-4H3. The second-order valence-corrected chi connectivity index (χ2v) is 5.48. The number of likely N-dealkylation sites (N-methyl/N-ethyl adjacent to an activating group) is 2. The van der Waals surface area contributed by atoms with E-state index < -0.39 is 0 Å². The Morgan fingerprint density at radius 1 is 1.41 bits per heavy atom. The molecular formula is C13H29N3O. The smallest absolute Gasteiger partial charge is 0.0662 e. The van der Waals surface area contributed by atoms with Crippen molar-refractivity contribution in [1.29, 1.82) is 0 Å². The van der Waals surface area contributed by atoms with Gasteiger partial charge >= 0.3 is 0 Å². The van der Waals surface area contributed by atoms with Gasteiger partial charge in [0.2, 0.25) is 0 Å². The van der Waals surface area contributed by atoms with Gasteiger partial charge in [-0.2, -0.15) is 0 Å². The third-order valence-electron chi connectivity index (χ3n) is 3.79. The fourth-order valence-electron chi connectivity index (χ4n) is 3.08. The summed E-state index contributed by atoms with van der Waals surface area (Å²) < 4.78 is 5.68. The topological polar surface area (TPSA) is 41.7 Å². The number of nitrogens with zero attached hydrogens (tertiary/aromatic N) is 2. The molecule has 0 bridgehead atoms. The summed E-state index contributed by atoms with van der Waals surface area (Å²) >= 11 is 0. The van der Waals surface area contributed by atoms with Crippen LogP contribution in [0.15, 0.2) is 0 Å². The van der Waals surface area contributed by atoms with Crippen LogP contribution in [0.25, 0.3) is 0 Å². The molecule has 4 heteroatoms. The predicted molar refractivity (Wildman–Crippen MR) is 72.2 cm³/mol. The van der Waals surface area contributed by atoms with Crippen LogP contribution in [0, 0.1) is 0 Å². The normalized spacial score (nSPS) is 27.7. The van der Waals surface area contributed by atoms with Crippen LogP contribution in [-0.4, -0.2) is 68.3 Å². The molecule has 17 heavy (non-hydrogen) atoms. The van der Waals surface area contributed by atoms with Crippen molar-refractivity contribution in [2.24, 2.45) is 5.73 Å². The molecule has 0 radical (unpaired) electrons. The zero-order valence-corrected chi connectivity index (χ0v) is 11.9. The maximum atomic E-state index is 6.05. The van der Waals surface area contributed by atoms with Crippen molar-refractivity contribution in [2.45, 2.75) is 38.3 Å². The Balaban J connectivity index is 2.74. The van der Waals surface area contributed by atoms with E-state index in [0.717, 1.165) is 39.1 Å². The Morgan fingerprint density at radius 2 is 2.12 bits per heavy atom. The van der Waals surface area contributed by atoms with Gasteiger partial charge in [0.05, 0.1) is 12.1 Å². The first kappa shape index (κ1) is 14.9. The first-order chi connectivity index (χ1) is 8.05. The lowest BCUT2D eigenvalue weighted by molar-refractivity contribution is -0.0611. The van der Waals surface area contributed by atoms with Crippen molar-refractivity contribution < 1.29 is 4.74 Å². The maximum absolute atomic E-state index is 6.05. The lowest BCUT2D eigenvalue weighted by atomic mass is 9.89. The van der Waals surface area contributed by atoms with Crippen molar-refractivity contribution in [2.75, 3.05) is 46.9 Å². The van der Waals surface area contributed by atoms with Crippen molar-refractivity contribution >= 4 is 0 Å². The molecule has 102 valence electrons. The number of rotatable bonds is 6. The highest BCUT2D eigenvalue weighted by Crippen LogP contribution is 2.27. The van der Waals surface area contributed by atoms with Crippen molar-refractivity contribution in [3.05, 3.63) is 0 Å². The minimum Gasteiger partial charge on any atom is -0.379 e. The third kappa shape index (κ3) is 3.65. The van der Waals surface area contributed by atoms with Crippen LogP contribution in [0.2, 0.25) is 0 Å². The van der Waals surface area contributed by atoms with Gasteiger partial charge in [-0.15, -0.1) is 0 Å². The van der Waals surface area contributed by atoms with E-state index in [9.17, 15) is 0 Å². The quantitative estimate of drug-likeness (QED) is 0.748. The largest absolute Gasteiger partial charge is 0.379 e. The van der Waals surface area contributed by atoms with Gasteiger partial charge < -0.3 is 15.4 Å². The summed E-state index contributed by atoms with van der Waals surface area (Å²) in [5.74, 6) is 0. The Bertz CT molecular complexity index is 215.